The molecule has 9 heteroatoms. The van der Waals surface area contributed by atoms with E-state index in [0.717, 1.165) is 0 Å². The van der Waals surface area contributed by atoms with Gasteiger partial charge in [-0.25, -0.2) is 0 Å². The normalized spacial score (nSPS) is 19.0. The molecular formula is C54H27B3O6. The third-order valence-electron chi connectivity index (χ3n) is 12.8. The molecule has 6 heterocycles. The zero-order valence-corrected chi connectivity index (χ0v) is 31.6. The molecule has 6 nitrogen and oxygen atoms in total. The zero-order chi connectivity index (χ0) is 58.9. The molecule has 6 aliphatic rings. The van der Waals surface area contributed by atoms with Crippen LogP contribution in [-0.2, 0) is 0 Å². The molecular weight excluding hydrogens is 777 g/mol. The van der Waals surface area contributed by atoms with Gasteiger partial charge in [0.1, 0.15) is 69.0 Å². The first-order chi connectivity index (χ1) is 39.9. The van der Waals surface area contributed by atoms with Crippen molar-refractivity contribution in [2.24, 2.45) is 0 Å². The van der Waals surface area contributed by atoms with E-state index in [4.69, 9.17) is 53.1 Å². The van der Waals surface area contributed by atoms with Crippen molar-refractivity contribution >= 4 is 102 Å². The van der Waals surface area contributed by atoms with Crippen LogP contribution in [0.4, 0.5) is 0 Å². The van der Waals surface area contributed by atoms with E-state index in [-0.39, 0.29) is 118 Å². The van der Waals surface area contributed by atoms with Crippen LogP contribution in [0, 0.1) is 0 Å². The Bertz CT molecular complexity index is 4460. The number of hydrogen-bond acceptors (Lipinski definition) is 6. The lowest BCUT2D eigenvalue weighted by molar-refractivity contribution is 0.464. The van der Waals surface area contributed by atoms with Gasteiger partial charge >= 0.3 is 0 Å². The van der Waals surface area contributed by atoms with Gasteiger partial charge < -0.3 is 28.4 Å². The molecule has 63 heavy (non-hydrogen) atoms. The van der Waals surface area contributed by atoms with Crippen LogP contribution in [0.15, 0.2) is 163 Å². The highest BCUT2D eigenvalue weighted by atomic mass is 16.5. The highest BCUT2D eigenvalue weighted by molar-refractivity contribution is 7.00. The summed E-state index contributed by atoms with van der Waals surface area (Å²) in [5, 5.41) is 2.24. The summed E-state index contributed by atoms with van der Waals surface area (Å²) >= 11 is 0. The lowest BCUT2D eigenvalue weighted by Gasteiger charge is -2.34. The number of hydrogen-bond donors (Lipinski definition) is 0. The third-order valence-corrected chi connectivity index (χ3v) is 12.8. The van der Waals surface area contributed by atoms with Gasteiger partial charge in [0, 0.05) is 16.4 Å². The highest BCUT2D eigenvalue weighted by Gasteiger charge is 2.44. The van der Waals surface area contributed by atoms with E-state index in [2.05, 4.69) is 0 Å². The summed E-state index contributed by atoms with van der Waals surface area (Å²) in [6.07, 6.45) is 0. The van der Waals surface area contributed by atoms with E-state index in [1.54, 1.807) is 36.4 Å². The van der Waals surface area contributed by atoms with Crippen molar-refractivity contribution in [3.63, 3.8) is 0 Å². The minimum Gasteiger partial charge on any atom is -0.458 e. The molecule has 0 amide bonds. The fraction of sp³-hybridized carbons (Fsp3) is 0. The number of ether oxygens (including phenoxy) is 6. The molecule has 0 saturated heterocycles. The predicted molar refractivity (Wildman–Crippen MR) is 252 cm³/mol. The molecule has 10 aromatic rings. The maximum atomic E-state index is 9.33. The molecule has 0 unspecified atom stereocenters. The largest absolute Gasteiger partial charge is 0.458 e. The third kappa shape index (κ3) is 4.17. The predicted octanol–water partition coefficient (Wildman–Crippen LogP) is 7.33. The summed E-state index contributed by atoms with van der Waals surface area (Å²) in [4.78, 5) is 0. The Kier molecular flexibility index (Phi) is 3.52. The fourth-order valence-electron chi connectivity index (χ4n) is 10.3. The molecule has 6 aliphatic heterocycles. The standard InChI is InChI=1S/C54H27B3O6/c1-4-13-40-34(10-1)55-37-22-28-31(25-49(37)61-46-19-7-16-43(58-40)52(46)55)29-23-38-51(63-48-21-9-18-45-54(48)56(38)35-11-2-5-14-41(35)59-45)27-33(29)30-24-39-50(26-32(28)30)62-47-20-8-17-44-53(47)57(39)36-12-3-6-15-42(36)60-44/h1-27H/i1D,2D,3D,4D,5D,6D,7D,8D,9D,10D,11D,12D,13D,14D,15D,16D,17D,18D,19D,20D,21D. The smallest absolute Gasteiger partial charge is 0.260 e. The van der Waals surface area contributed by atoms with Crippen molar-refractivity contribution in [1.29, 1.82) is 0 Å². The Balaban J connectivity index is 1.07. The summed E-state index contributed by atoms with van der Waals surface area (Å²) in [6.45, 7) is -3.70. The van der Waals surface area contributed by atoms with Crippen LogP contribution < -0.4 is 77.6 Å². The lowest BCUT2D eigenvalue weighted by atomic mass is 9.34. The summed E-state index contributed by atoms with van der Waals surface area (Å²) in [5.74, 6) is -2.27. The molecule has 288 valence electrons. The molecule has 16 rings (SSSR count). The first-order valence-electron chi connectivity index (χ1n) is 30.3. The van der Waals surface area contributed by atoms with Crippen molar-refractivity contribution in [3.8, 4) is 69.0 Å². The zero-order valence-electron chi connectivity index (χ0n) is 52.6. The number of para-hydroxylation sites is 3. The van der Waals surface area contributed by atoms with Crippen LogP contribution in [0.25, 0.3) is 32.3 Å². The first-order valence-corrected chi connectivity index (χ1v) is 19.8. The van der Waals surface area contributed by atoms with Gasteiger partial charge in [-0.15, -0.1) is 0 Å². The molecule has 0 N–H and O–H groups in total. The van der Waals surface area contributed by atoms with Crippen molar-refractivity contribution in [1.82, 2.24) is 0 Å². The van der Waals surface area contributed by atoms with Gasteiger partial charge in [0.15, 0.2) is 0 Å². The summed E-state index contributed by atoms with van der Waals surface area (Å²) in [5.41, 5.74) is 0.763. The Labute approximate surface area is 390 Å². The second kappa shape index (κ2) is 11.5. The molecule has 0 fully saturated rings. The Morgan fingerprint density at radius 3 is 0.778 bits per heavy atom. The van der Waals surface area contributed by atoms with Crippen molar-refractivity contribution in [2.75, 3.05) is 0 Å². The quantitative estimate of drug-likeness (QED) is 0.118. The summed E-state index contributed by atoms with van der Waals surface area (Å²) in [7, 11) is 0. The van der Waals surface area contributed by atoms with E-state index in [1.807, 2.05) is 0 Å². The van der Waals surface area contributed by atoms with Crippen molar-refractivity contribution in [2.45, 2.75) is 0 Å². The summed E-state index contributed by atoms with van der Waals surface area (Å²) in [6, 6.07) is -1.82. The van der Waals surface area contributed by atoms with Crippen LogP contribution in [0.1, 0.15) is 28.8 Å². The van der Waals surface area contributed by atoms with Crippen LogP contribution >= 0.6 is 0 Å². The highest BCUT2D eigenvalue weighted by Crippen LogP contribution is 2.45. The monoisotopic (exact) mass is 825 g/mol. The second-order valence-electron chi connectivity index (χ2n) is 15.8. The first kappa shape index (κ1) is 19.4. The maximum Gasteiger partial charge on any atom is 0.260 e. The van der Waals surface area contributed by atoms with Gasteiger partial charge in [-0.2, -0.15) is 0 Å². The fourth-order valence-corrected chi connectivity index (χ4v) is 10.3. The number of benzene rings is 10. The van der Waals surface area contributed by atoms with E-state index in [9.17, 15) is 4.11 Å². The minimum atomic E-state index is -1.23. The van der Waals surface area contributed by atoms with Gasteiger partial charge in [0.05, 0.1) is 28.8 Å². The molecule has 0 aliphatic carbocycles. The average molecular weight is 825 g/mol. The van der Waals surface area contributed by atoms with E-state index >= 15 is 0 Å². The van der Waals surface area contributed by atoms with E-state index < -0.39 is 147 Å². The Morgan fingerprint density at radius 2 is 0.476 bits per heavy atom. The molecule has 0 radical (unpaired) electrons. The Hall–Kier alpha value is -8.03. The molecule has 0 spiro atoms. The van der Waals surface area contributed by atoms with Crippen LogP contribution in [0.5, 0.6) is 69.0 Å². The molecule has 0 aromatic heterocycles. The minimum absolute atomic E-state index is 0.0435. The van der Waals surface area contributed by atoms with Crippen LogP contribution in [0.3, 0.4) is 0 Å². The van der Waals surface area contributed by atoms with Gasteiger partial charge in [0.2, 0.25) is 0 Å². The van der Waals surface area contributed by atoms with Gasteiger partial charge in [0.25, 0.3) is 20.1 Å². The van der Waals surface area contributed by atoms with Crippen LogP contribution in [-0.4, -0.2) is 20.1 Å². The van der Waals surface area contributed by atoms with E-state index in [1.165, 1.54) is 0 Å². The van der Waals surface area contributed by atoms with Gasteiger partial charge in [-0.3, -0.25) is 0 Å². The lowest BCUT2D eigenvalue weighted by Crippen LogP contribution is -2.57. The summed E-state index contributed by atoms with van der Waals surface area (Å²) < 4.78 is 227. The number of rotatable bonds is 0. The molecule has 0 saturated carbocycles. The van der Waals surface area contributed by atoms with Crippen molar-refractivity contribution < 1.29 is 57.2 Å². The van der Waals surface area contributed by atoms with Gasteiger partial charge in [-0.05, 0) is 138 Å². The number of fused-ring (bicyclic) bond motifs is 18. The SMILES string of the molecule is [2H]c1c([2H])c([2H])c2c(c1[2H])Oc1c([2H])c([2H])c([2H])c3c1B2c1cc2c(cc1O3)c1cc3c(cc1c1cc4c(cc21)Oc1c([2H])c([2H])c([2H])c2c1B4c1c([2H])c([2H])c([2H])c([2H])c1O2)Oc1c([2H])c([2H])c([2H])c2c1B3c1c([2H])c([2H])c([2H])c([2H])c1O2. The molecule has 10 aromatic carbocycles. The van der Waals surface area contributed by atoms with Crippen LogP contribution in [0.2, 0.25) is 0 Å². The van der Waals surface area contributed by atoms with E-state index in [0.29, 0.717) is 32.3 Å². The second-order valence-corrected chi connectivity index (χ2v) is 15.8. The van der Waals surface area contributed by atoms with Gasteiger partial charge in [-0.1, -0.05) is 90.7 Å². The topological polar surface area (TPSA) is 55.4 Å². The molecule has 0 bridgehead atoms. The maximum absolute atomic E-state index is 9.33. The average Bonchev–Trinajstić information content (AvgIpc) is 1.10. The Morgan fingerprint density at radius 1 is 0.238 bits per heavy atom. The van der Waals surface area contributed by atoms with Crippen molar-refractivity contribution in [3.05, 3.63) is 163 Å². The molecule has 0 atom stereocenters.